The predicted molar refractivity (Wildman–Crippen MR) is 71.4 cm³/mol. The van der Waals surface area contributed by atoms with Crippen LogP contribution in [0.1, 0.15) is 31.2 Å². The molecule has 18 heavy (non-hydrogen) atoms. The second-order valence-corrected chi connectivity index (χ2v) is 5.44. The van der Waals surface area contributed by atoms with Crippen molar-refractivity contribution < 1.29 is 9.90 Å². The Bertz CT molecular complexity index is 458. The van der Waals surface area contributed by atoms with Crippen LogP contribution in [0.3, 0.4) is 0 Å². The Labute approximate surface area is 115 Å². The summed E-state index contributed by atoms with van der Waals surface area (Å²) < 4.78 is 2.86. The molecule has 1 atom stereocenters. The Morgan fingerprint density at radius 1 is 1.61 bits per heavy atom. The van der Waals surface area contributed by atoms with Crippen molar-refractivity contribution in [3.05, 3.63) is 15.9 Å². The Hall–Kier alpha value is -0.880. The summed E-state index contributed by atoms with van der Waals surface area (Å²) in [5.74, 6) is -0.721. The maximum Gasteiger partial charge on any atom is 0.320 e. The molecule has 1 unspecified atom stereocenters. The number of aromatic nitrogens is 2. The van der Waals surface area contributed by atoms with E-state index in [9.17, 15) is 9.90 Å². The van der Waals surface area contributed by atoms with Crippen molar-refractivity contribution in [1.82, 2.24) is 14.7 Å². The number of rotatable bonds is 4. The first-order valence-electron chi connectivity index (χ1n) is 6.21. The minimum absolute atomic E-state index is 0.350. The van der Waals surface area contributed by atoms with Crippen molar-refractivity contribution in [2.75, 3.05) is 6.54 Å². The normalized spacial score (nSPS) is 20.5. The SMILES string of the molecule is CCc1nn(C)c(CN2CCCC2C(=O)O)c1Br. The van der Waals surface area contributed by atoms with Crippen molar-refractivity contribution in [2.24, 2.45) is 7.05 Å². The largest absolute Gasteiger partial charge is 0.480 e. The van der Waals surface area contributed by atoms with E-state index in [-0.39, 0.29) is 6.04 Å². The van der Waals surface area contributed by atoms with E-state index in [4.69, 9.17) is 0 Å². The van der Waals surface area contributed by atoms with Gasteiger partial charge in [0.05, 0.1) is 15.9 Å². The van der Waals surface area contributed by atoms with Crippen LogP contribution in [0.4, 0.5) is 0 Å². The Kier molecular flexibility index (Phi) is 4.07. The summed E-state index contributed by atoms with van der Waals surface area (Å²) in [6, 6.07) is -0.350. The molecule has 1 aromatic heterocycles. The Morgan fingerprint density at radius 3 is 2.89 bits per heavy atom. The molecule has 0 radical (unpaired) electrons. The highest BCUT2D eigenvalue weighted by Crippen LogP contribution is 2.26. The molecule has 1 N–H and O–H groups in total. The standard InChI is InChI=1S/C12H18BrN3O2/c1-3-8-11(13)10(15(2)14-8)7-16-6-4-5-9(16)12(17)18/h9H,3-7H2,1-2H3,(H,17,18). The minimum atomic E-state index is -0.721. The van der Waals surface area contributed by atoms with E-state index in [0.29, 0.717) is 6.54 Å². The van der Waals surface area contributed by atoms with E-state index < -0.39 is 5.97 Å². The van der Waals surface area contributed by atoms with Gasteiger partial charge in [0, 0.05) is 13.6 Å². The number of nitrogens with zero attached hydrogens (tertiary/aromatic N) is 3. The number of carbonyl (C=O) groups is 1. The fourth-order valence-electron chi connectivity index (χ4n) is 2.48. The van der Waals surface area contributed by atoms with E-state index in [2.05, 4.69) is 28.0 Å². The van der Waals surface area contributed by atoms with E-state index in [1.807, 2.05) is 16.6 Å². The molecule has 2 rings (SSSR count). The summed E-state index contributed by atoms with van der Waals surface area (Å²) in [5, 5.41) is 13.6. The number of carboxylic acid groups (broad SMARTS) is 1. The fraction of sp³-hybridized carbons (Fsp3) is 0.667. The quantitative estimate of drug-likeness (QED) is 0.920. The molecule has 0 aliphatic carbocycles. The predicted octanol–water partition coefficient (Wildman–Crippen LogP) is 1.79. The highest BCUT2D eigenvalue weighted by molar-refractivity contribution is 9.10. The molecule has 0 aromatic carbocycles. The number of hydrogen-bond acceptors (Lipinski definition) is 3. The first-order valence-corrected chi connectivity index (χ1v) is 7.01. The van der Waals surface area contributed by atoms with Crippen LogP contribution >= 0.6 is 15.9 Å². The van der Waals surface area contributed by atoms with Crippen LogP contribution in [0.2, 0.25) is 0 Å². The first-order chi connectivity index (χ1) is 8.54. The lowest BCUT2D eigenvalue weighted by Gasteiger charge is -2.21. The fourth-order valence-corrected chi connectivity index (χ4v) is 3.22. The van der Waals surface area contributed by atoms with Crippen molar-refractivity contribution in [3.63, 3.8) is 0 Å². The topological polar surface area (TPSA) is 58.4 Å². The molecule has 1 saturated heterocycles. The second-order valence-electron chi connectivity index (χ2n) is 4.65. The van der Waals surface area contributed by atoms with Gasteiger partial charge < -0.3 is 5.11 Å². The lowest BCUT2D eigenvalue weighted by Crippen LogP contribution is -2.35. The third kappa shape index (κ3) is 2.44. The molecule has 0 spiro atoms. The third-order valence-electron chi connectivity index (χ3n) is 3.50. The Morgan fingerprint density at radius 2 is 2.33 bits per heavy atom. The zero-order valence-corrected chi connectivity index (χ0v) is 12.3. The van der Waals surface area contributed by atoms with Gasteiger partial charge in [-0.05, 0) is 41.7 Å². The molecule has 5 nitrogen and oxygen atoms in total. The van der Waals surface area contributed by atoms with Crippen LogP contribution < -0.4 is 0 Å². The molecular weight excluding hydrogens is 298 g/mol. The molecular formula is C12H18BrN3O2. The number of carboxylic acids is 1. The van der Waals surface area contributed by atoms with E-state index in [0.717, 1.165) is 41.7 Å². The van der Waals surface area contributed by atoms with Gasteiger partial charge >= 0.3 is 5.97 Å². The van der Waals surface area contributed by atoms with Crippen LogP contribution in [0.15, 0.2) is 4.47 Å². The number of halogens is 1. The molecule has 6 heteroatoms. The van der Waals surface area contributed by atoms with Gasteiger partial charge in [0.2, 0.25) is 0 Å². The molecule has 0 bridgehead atoms. The lowest BCUT2D eigenvalue weighted by atomic mass is 10.2. The first kappa shape index (κ1) is 13.5. The number of hydrogen-bond donors (Lipinski definition) is 1. The summed E-state index contributed by atoms with van der Waals surface area (Å²) in [7, 11) is 1.91. The van der Waals surface area contributed by atoms with Gasteiger partial charge in [-0.2, -0.15) is 5.10 Å². The highest BCUT2D eigenvalue weighted by Gasteiger charge is 2.31. The van der Waals surface area contributed by atoms with Gasteiger partial charge in [0.1, 0.15) is 6.04 Å². The number of aryl methyl sites for hydroxylation is 2. The smallest absolute Gasteiger partial charge is 0.320 e. The van der Waals surface area contributed by atoms with Gasteiger partial charge in [-0.3, -0.25) is 14.4 Å². The molecule has 100 valence electrons. The Balaban J connectivity index is 2.19. The minimum Gasteiger partial charge on any atom is -0.480 e. The van der Waals surface area contributed by atoms with Crippen LogP contribution in [-0.4, -0.2) is 38.3 Å². The summed E-state index contributed by atoms with van der Waals surface area (Å²) >= 11 is 3.57. The zero-order chi connectivity index (χ0) is 13.3. The number of likely N-dealkylation sites (tertiary alicyclic amines) is 1. The third-order valence-corrected chi connectivity index (χ3v) is 4.42. The van der Waals surface area contributed by atoms with Crippen LogP contribution in [0.25, 0.3) is 0 Å². The number of aliphatic carboxylic acids is 1. The molecule has 1 aromatic rings. The van der Waals surface area contributed by atoms with E-state index in [1.54, 1.807) is 0 Å². The summed E-state index contributed by atoms with van der Waals surface area (Å²) in [5.41, 5.74) is 2.08. The van der Waals surface area contributed by atoms with Gasteiger partial charge in [-0.15, -0.1) is 0 Å². The highest BCUT2D eigenvalue weighted by atomic mass is 79.9. The average Bonchev–Trinajstić information content (AvgIpc) is 2.88. The lowest BCUT2D eigenvalue weighted by molar-refractivity contribution is -0.142. The molecule has 0 amide bonds. The second kappa shape index (κ2) is 5.40. The summed E-state index contributed by atoms with van der Waals surface area (Å²) in [4.78, 5) is 13.2. The van der Waals surface area contributed by atoms with Gasteiger partial charge in [0.15, 0.2) is 0 Å². The van der Waals surface area contributed by atoms with Gasteiger partial charge in [-0.25, -0.2) is 0 Å². The van der Waals surface area contributed by atoms with E-state index >= 15 is 0 Å². The monoisotopic (exact) mass is 315 g/mol. The summed E-state index contributed by atoms with van der Waals surface area (Å²) in [6.45, 7) is 3.55. The van der Waals surface area contributed by atoms with Crippen molar-refractivity contribution in [2.45, 2.75) is 38.8 Å². The van der Waals surface area contributed by atoms with Crippen LogP contribution in [0, 0.1) is 0 Å². The average molecular weight is 316 g/mol. The van der Waals surface area contributed by atoms with Gasteiger partial charge in [-0.1, -0.05) is 6.92 Å². The molecule has 1 aliphatic heterocycles. The maximum absolute atomic E-state index is 11.2. The van der Waals surface area contributed by atoms with Crippen molar-refractivity contribution >= 4 is 21.9 Å². The maximum atomic E-state index is 11.2. The van der Waals surface area contributed by atoms with Crippen LogP contribution in [0.5, 0.6) is 0 Å². The van der Waals surface area contributed by atoms with Gasteiger partial charge in [0.25, 0.3) is 0 Å². The molecule has 2 heterocycles. The van der Waals surface area contributed by atoms with Crippen molar-refractivity contribution in [1.29, 1.82) is 0 Å². The van der Waals surface area contributed by atoms with Crippen molar-refractivity contribution in [3.8, 4) is 0 Å². The zero-order valence-electron chi connectivity index (χ0n) is 10.7. The van der Waals surface area contributed by atoms with Crippen LogP contribution in [-0.2, 0) is 24.8 Å². The molecule has 1 fully saturated rings. The molecule has 0 saturated carbocycles. The summed E-state index contributed by atoms with van der Waals surface area (Å²) in [6.07, 6.45) is 2.56. The molecule has 1 aliphatic rings. The van der Waals surface area contributed by atoms with E-state index in [1.165, 1.54) is 0 Å².